The average Bonchev–Trinajstić information content (AvgIpc) is 3.14. The van der Waals surface area contributed by atoms with E-state index in [1.807, 2.05) is 31.2 Å². The lowest BCUT2D eigenvalue weighted by atomic mass is 10.0. The number of para-hydroxylation sites is 1. The maximum atomic E-state index is 13.0. The van der Waals surface area contributed by atoms with Gasteiger partial charge in [-0.3, -0.25) is 9.59 Å². The van der Waals surface area contributed by atoms with Crippen molar-refractivity contribution in [3.63, 3.8) is 0 Å². The van der Waals surface area contributed by atoms with Gasteiger partial charge in [0.1, 0.15) is 17.1 Å². The van der Waals surface area contributed by atoms with Crippen LogP contribution < -0.4 is 15.1 Å². The number of hydrogen-bond donors (Lipinski definition) is 0. The van der Waals surface area contributed by atoms with Gasteiger partial charge >= 0.3 is 5.63 Å². The van der Waals surface area contributed by atoms with Crippen molar-refractivity contribution in [2.24, 2.45) is 0 Å². The Labute approximate surface area is 204 Å². The highest BCUT2D eigenvalue weighted by atomic mass is 16.5. The van der Waals surface area contributed by atoms with Crippen molar-refractivity contribution in [2.45, 2.75) is 26.2 Å². The number of carbonyl (C=O) groups excluding carboxylic acids is 2. The minimum atomic E-state index is -0.430. The van der Waals surface area contributed by atoms with Gasteiger partial charge in [0, 0.05) is 49.6 Å². The number of fused-ring (bicyclic) bond motifs is 1. The van der Waals surface area contributed by atoms with Gasteiger partial charge in [-0.05, 0) is 49.6 Å². The first-order chi connectivity index (χ1) is 16.9. The number of aryl methyl sites for hydroxylation is 1. The molecule has 8 nitrogen and oxygen atoms in total. The van der Waals surface area contributed by atoms with E-state index < -0.39 is 5.63 Å². The molecule has 0 spiro atoms. The molecular weight excluding hydrogens is 448 g/mol. The Kier molecular flexibility index (Phi) is 7.39. The number of benzene rings is 2. The second kappa shape index (κ2) is 10.6. The summed E-state index contributed by atoms with van der Waals surface area (Å²) >= 11 is 0. The second-order valence-electron chi connectivity index (χ2n) is 8.58. The van der Waals surface area contributed by atoms with Crippen LogP contribution in [0.25, 0.3) is 11.0 Å². The van der Waals surface area contributed by atoms with Gasteiger partial charge in [-0.25, -0.2) is 4.79 Å². The Bertz CT molecular complexity index is 1300. The quantitative estimate of drug-likeness (QED) is 0.505. The van der Waals surface area contributed by atoms with E-state index in [1.165, 1.54) is 0 Å². The smallest absolute Gasteiger partial charge is 0.339 e. The standard InChI is InChI=1S/C27H30N2O6/c1-18-20-10-9-19(33-2)17-24(20)35-27(32)21(18)11-12-25(30)28-13-6-14-29(16-15-28)26(31)22-7-4-5-8-23(22)34-3/h4-5,7-10,17H,6,11-16H2,1-3H3. The molecule has 0 bridgehead atoms. The molecule has 0 saturated carbocycles. The van der Waals surface area contributed by atoms with Crippen LogP contribution >= 0.6 is 0 Å². The molecule has 1 saturated heterocycles. The molecule has 0 radical (unpaired) electrons. The SMILES string of the molecule is COc1ccc2c(C)c(CCC(=O)N3CCCN(C(=O)c4ccccc4OC)CC3)c(=O)oc2c1. The molecule has 1 aliphatic heterocycles. The number of carbonyl (C=O) groups is 2. The van der Waals surface area contributed by atoms with E-state index in [2.05, 4.69) is 0 Å². The third-order valence-electron chi connectivity index (χ3n) is 6.56. The third-order valence-corrected chi connectivity index (χ3v) is 6.56. The number of ether oxygens (including phenoxy) is 2. The largest absolute Gasteiger partial charge is 0.497 e. The number of rotatable bonds is 6. The summed E-state index contributed by atoms with van der Waals surface area (Å²) in [6.07, 6.45) is 1.19. The summed E-state index contributed by atoms with van der Waals surface area (Å²) in [6, 6.07) is 12.5. The van der Waals surface area contributed by atoms with Gasteiger partial charge in [0.25, 0.3) is 5.91 Å². The van der Waals surface area contributed by atoms with E-state index in [-0.39, 0.29) is 18.2 Å². The molecule has 0 atom stereocenters. The highest BCUT2D eigenvalue weighted by molar-refractivity contribution is 5.97. The first-order valence-corrected chi connectivity index (χ1v) is 11.7. The predicted octanol–water partition coefficient (Wildman–Crippen LogP) is 3.43. The van der Waals surface area contributed by atoms with Gasteiger partial charge in [-0.2, -0.15) is 0 Å². The molecule has 8 heteroatoms. The van der Waals surface area contributed by atoms with Crippen molar-refractivity contribution < 1.29 is 23.5 Å². The van der Waals surface area contributed by atoms with Crippen LogP contribution in [0.5, 0.6) is 11.5 Å². The minimum absolute atomic E-state index is 0.0368. The van der Waals surface area contributed by atoms with Crippen molar-refractivity contribution in [1.29, 1.82) is 0 Å². The second-order valence-corrected chi connectivity index (χ2v) is 8.58. The summed E-state index contributed by atoms with van der Waals surface area (Å²) in [5.41, 5.74) is 1.88. The van der Waals surface area contributed by atoms with E-state index in [0.717, 1.165) is 10.9 Å². The zero-order chi connectivity index (χ0) is 24.9. The van der Waals surface area contributed by atoms with Crippen LogP contribution in [0.3, 0.4) is 0 Å². The topological polar surface area (TPSA) is 89.3 Å². The molecule has 184 valence electrons. The van der Waals surface area contributed by atoms with Crippen molar-refractivity contribution in [2.75, 3.05) is 40.4 Å². The summed E-state index contributed by atoms with van der Waals surface area (Å²) in [4.78, 5) is 42.2. The molecule has 0 N–H and O–H groups in total. The van der Waals surface area contributed by atoms with Gasteiger partial charge in [-0.15, -0.1) is 0 Å². The Morgan fingerprint density at radius 2 is 1.71 bits per heavy atom. The van der Waals surface area contributed by atoms with Gasteiger partial charge in [-0.1, -0.05) is 12.1 Å². The first-order valence-electron chi connectivity index (χ1n) is 11.7. The predicted molar refractivity (Wildman–Crippen MR) is 132 cm³/mol. The number of nitrogens with zero attached hydrogens (tertiary/aromatic N) is 2. The highest BCUT2D eigenvalue weighted by Crippen LogP contribution is 2.25. The van der Waals surface area contributed by atoms with Crippen molar-refractivity contribution in [1.82, 2.24) is 9.80 Å². The first kappa shape index (κ1) is 24.3. The summed E-state index contributed by atoms with van der Waals surface area (Å²) in [7, 11) is 3.10. The monoisotopic (exact) mass is 478 g/mol. The maximum Gasteiger partial charge on any atom is 0.339 e. The normalized spacial score (nSPS) is 14.0. The Hall–Kier alpha value is -3.81. The zero-order valence-corrected chi connectivity index (χ0v) is 20.3. The molecule has 2 amide bonds. The molecule has 3 aromatic rings. The molecule has 1 aromatic heterocycles. The lowest BCUT2D eigenvalue weighted by Crippen LogP contribution is -2.37. The Morgan fingerprint density at radius 3 is 2.49 bits per heavy atom. The Balaban J connectivity index is 1.41. The molecule has 4 rings (SSSR count). The van der Waals surface area contributed by atoms with Crippen LogP contribution in [0.1, 0.15) is 34.3 Å². The number of amides is 2. The Morgan fingerprint density at radius 1 is 0.971 bits per heavy atom. The molecule has 35 heavy (non-hydrogen) atoms. The summed E-state index contributed by atoms with van der Waals surface area (Å²) in [6.45, 7) is 3.91. The highest BCUT2D eigenvalue weighted by Gasteiger charge is 2.25. The van der Waals surface area contributed by atoms with Gasteiger partial charge < -0.3 is 23.7 Å². The summed E-state index contributed by atoms with van der Waals surface area (Å²) < 4.78 is 16.0. The lowest BCUT2D eigenvalue weighted by molar-refractivity contribution is -0.131. The van der Waals surface area contributed by atoms with Gasteiger partial charge in [0.15, 0.2) is 0 Å². The minimum Gasteiger partial charge on any atom is -0.497 e. The van der Waals surface area contributed by atoms with Crippen LogP contribution in [0.15, 0.2) is 51.7 Å². The molecular formula is C27H30N2O6. The van der Waals surface area contributed by atoms with Crippen molar-refractivity contribution in [3.8, 4) is 11.5 Å². The van der Waals surface area contributed by atoms with Gasteiger partial charge in [0.05, 0.1) is 19.8 Å². The fourth-order valence-electron chi connectivity index (χ4n) is 4.54. The molecule has 2 aromatic carbocycles. The summed E-state index contributed by atoms with van der Waals surface area (Å²) in [5.74, 6) is 1.02. The molecule has 2 heterocycles. The van der Waals surface area contributed by atoms with E-state index in [4.69, 9.17) is 13.9 Å². The number of methoxy groups -OCH3 is 2. The lowest BCUT2D eigenvalue weighted by Gasteiger charge is -2.23. The molecule has 0 aliphatic carbocycles. The maximum absolute atomic E-state index is 13.0. The van der Waals surface area contributed by atoms with E-state index in [0.29, 0.717) is 67.2 Å². The number of hydrogen-bond acceptors (Lipinski definition) is 6. The summed E-state index contributed by atoms with van der Waals surface area (Å²) in [5, 5.41) is 0.827. The molecule has 0 unspecified atom stereocenters. The molecule has 1 fully saturated rings. The molecule has 1 aliphatic rings. The average molecular weight is 479 g/mol. The van der Waals surface area contributed by atoms with E-state index in [1.54, 1.807) is 42.2 Å². The fourth-order valence-corrected chi connectivity index (χ4v) is 4.54. The van der Waals surface area contributed by atoms with Crippen LogP contribution in [0.4, 0.5) is 0 Å². The van der Waals surface area contributed by atoms with Crippen LogP contribution in [-0.2, 0) is 11.2 Å². The zero-order valence-electron chi connectivity index (χ0n) is 20.3. The van der Waals surface area contributed by atoms with E-state index >= 15 is 0 Å². The fraction of sp³-hybridized carbons (Fsp3) is 0.370. The van der Waals surface area contributed by atoms with E-state index in [9.17, 15) is 14.4 Å². The van der Waals surface area contributed by atoms with Gasteiger partial charge in [0.2, 0.25) is 5.91 Å². The van der Waals surface area contributed by atoms with Crippen LogP contribution in [0.2, 0.25) is 0 Å². The van der Waals surface area contributed by atoms with Crippen molar-refractivity contribution in [3.05, 3.63) is 69.6 Å². The van der Waals surface area contributed by atoms with Crippen LogP contribution in [-0.4, -0.2) is 62.0 Å². The van der Waals surface area contributed by atoms with Crippen LogP contribution in [0, 0.1) is 6.92 Å². The van der Waals surface area contributed by atoms with Crippen molar-refractivity contribution >= 4 is 22.8 Å². The third kappa shape index (κ3) is 5.16.